The molecule has 44 nitrogen and oxygen atoms in total. The van der Waals surface area contributed by atoms with Gasteiger partial charge in [0.05, 0.1) is 103 Å². The Morgan fingerprint density at radius 2 is 0.611 bits per heavy atom. The molecular formula is C63H87BrN10O34. The number of ether oxygens (including phenoxy) is 21. The van der Waals surface area contributed by atoms with E-state index >= 15 is 0 Å². The summed E-state index contributed by atoms with van der Waals surface area (Å²) in [5.74, 6) is -10.2. The number of nitrogens with zero attached hydrogens (tertiary/aromatic N) is 9. The van der Waals surface area contributed by atoms with Crippen LogP contribution in [-0.2, 0) is 201 Å². The van der Waals surface area contributed by atoms with Crippen LogP contribution < -0.4 is 5.32 Å². The Balaban J connectivity index is 1.18. The van der Waals surface area contributed by atoms with E-state index in [0.29, 0.717) is 0 Å². The van der Waals surface area contributed by atoms with Gasteiger partial charge in [-0.25, -0.2) is 14.0 Å². The molecule has 3 aromatic heterocycles. The van der Waals surface area contributed by atoms with Crippen molar-refractivity contribution in [3.05, 3.63) is 35.7 Å². The molecule has 600 valence electrons. The highest BCUT2D eigenvalue weighted by atomic mass is 79.9. The lowest BCUT2D eigenvalue weighted by molar-refractivity contribution is -0.308. The van der Waals surface area contributed by atoms with E-state index in [4.69, 9.17) is 99.5 Å². The smallest absolute Gasteiger partial charge is 0.303 e. The maximum atomic E-state index is 13.5. The number of hydrogen-bond donors (Lipinski definition) is 1. The Morgan fingerprint density at radius 1 is 0.370 bits per heavy atom. The van der Waals surface area contributed by atoms with Gasteiger partial charge in [0.15, 0.2) is 73.8 Å². The molecule has 0 bridgehead atoms. The largest absolute Gasteiger partial charge is 0.463 e. The number of carbonyl (C=O) groups excluding carboxylic acids is 13. The van der Waals surface area contributed by atoms with Gasteiger partial charge in [-0.2, -0.15) is 0 Å². The molecule has 3 saturated heterocycles. The number of esters is 12. The number of nitrogens with one attached hydrogen (secondary N) is 1. The van der Waals surface area contributed by atoms with Crippen LogP contribution in [0.3, 0.4) is 0 Å². The number of alkyl halides is 1. The lowest BCUT2D eigenvalue weighted by Gasteiger charge is -2.44. The molecule has 0 aliphatic carbocycles. The van der Waals surface area contributed by atoms with Crippen molar-refractivity contribution in [1.29, 1.82) is 0 Å². The average Bonchev–Trinajstić information content (AvgIpc) is 0.944. The maximum Gasteiger partial charge on any atom is 0.303 e. The van der Waals surface area contributed by atoms with Gasteiger partial charge in [-0.15, -0.1) is 15.3 Å². The molecule has 1 amide bonds. The lowest BCUT2D eigenvalue weighted by atomic mass is 9.98. The predicted molar refractivity (Wildman–Crippen MR) is 347 cm³/mol. The lowest BCUT2D eigenvalue weighted by Crippen LogP contribution is -2.63. The van der Waals surface area contributed by atoms with Crippen LogP contribution in [0.4, 0.5) is 0 Å². The Labute approximate surface area is 624 Å². The maximum absolute atomic E-state index is 13.5. The Kier molecular flexibility index (Phi) is 34.9. The normalized spacial score (nSPS) is 24.0. The van der Waals surface area contributed by atoms with Gasteiger partial charge in [-0.3, -0.25) is 62.3 Å². The first-order valence-corrected chi connectivity index (χ1v) is 34.4. The van der Waals surface area contributed by atoms with Crippen molar-refractivity contribution in [1.82, 2.24) is 50.3 Å². The molecule has 3 aliphatic rings. The van der Waals surface area contributed by atoms with Crippen molar-refractivity contribution in [2.75, 3.05) is 64.8 Å². The van der Waals surface area contributed by atoms with Crippen molar-refractivity contribution in [3.63, 3.8) is 0 Å². The van der Waals surface area contributed by atoms with Gasteiger partial charge in [-0.05, 0) is 0 Å². The molecule has 6 rings (SSSR count). The molecule has 0 radical (unpaired) electrons. The number of hydrogen-bond acceptors (Lipinski definition) is 40. The van der Waals surface area contributed by atoms with Gasteiger partial charge < -0.3 is 105 Å². The van der Waals surface area contributed by atoms with Crippen molar-refractivity contribution in [3.8, 4) is 0 Å². The fraction of sp³-hybridized carbons (Fsp3) is 0.698. The zero-order valence-corrected chi connectivity index (χ0v) is 62.6. The molecule has 15 atom stereocenters. The van der Waals surface area contributed by atoms with Gasteiger partial charge >= 0.3 is 71.6 Å². The topological polar surface area (TPSA) is 520 Å². The van der Waals surface area contributed by atoms with Gasteiger partial charge in [0.2, 0.25) is 5.91 Å². The summed E-state index contributed by atoms with van der Waals surface area (Å²) in [7, 11) is 0. The molecule has 1 N–H and O–H groups in total. The minimum atomic E-state index is -1.54. The zero-order valence-electron chi connectivity index (χ0n) is 61.0. The predicted octanol–water partition coefficient (Wildman–Crippen LogP) is -2.04. The van der Waals surface area contributed by atoms with Crippen LogP contribution in [0.25, 0.3) is 0 Å². The number of halogens is 1. The van der Waals surface area contributed by atoms with Crippen molar-refractivity contribution >= 4 is 93.5 Å². The molecular weight excluding hydrogens is 1520 g/mol. The molecule has 0 unspecified atom stereocenters. The number of carbonyl (C=O) groups is 13. The quantitative estimate of drug-likeness (QED) is 0.0363. The second kappa shape index (κ2) is 43.0. The van der Waals surface area contributed by atoms with Gasteiger partial charge in [-0.1, -0.05) is 31.6 Å². The van der Waals surface area contributed by atoms with Crippen LogP contribution in [0.1, 0.15) is 100 Å². The third-order valence-electron chi connectivity index (χ3n) is 14.8. The average molecular weight is 1610 g/mol. The van der Waals surface area contributed by atoms with E-state index in [9.17, 15) is 62.3 Å². The second-order valence-corrected chi connectivity index (χ2v) is 24.7. The minimum absolute atomic E-state index is 0.0349. The highest BCUT2D eigenvalue weighted by Gasteiger charge is 2.56. The molecule has 3 aromatic rings. The van der Waals surface area contributed by atoms with Crippen molar-refractivity contribution in [2.24, 2.45) is 0 Å². The first kappa shape index (κ1) is 87.6. The van der Waals surface area contributed by atoms with E-state index in [2.05, 4.69) is 52.2 Å². The third-order valence-corrected chi connectivity index (χ3v) is 15.3. The summed E-state index contributed by atoms with van der Waals surface area (Å²) in [4.78, 5) is 160. The number of amides is 1. The SMILES string of the molecule is CC(=O)OC[C@H]1O[C@H](OCCn2cc(COCC(COCc3cn(CCO[C@H]4O[C@H](COC(C)=O)[C@@H](OC(C)=O)[C@H](OC(C)=O)[C@@H]4OC(C)=O)nn3)(COCc3cn(CCO[C@H]4O[C@H](COC(C)=O)[C@@H](OC(C)=O)[C@H](OC(C)=O)[C@@H]4OC(C)=O)nn3)NC(=O)CBr)nn2)[C@@H](OC(C)=O)[C@@H](OC(C)=O)[C@@H]1OC(C)=O. The number of aromatic nitrogens is 9. The Bertz CT molecular complexity index is 3210. The molecule has 3 fully saturated rings. The molecule has 45 heteroatoms. The van der Waals surface area contributed by atoms with Crippen LogP contribution in [0.5, 0.6) is 0 Å². The fourth-order valence-corrected chi connectivity index (χ4v) is 11.1. The molecule has 6 heterocycles. The van der Waals surface area contributed by atoms with E-state index in [1.165, 1.54) is 32.6 Å². The zero-order chi connectivity index (χ0) is 79.4. The van der Waals surface area contributed by atoms with Crippen LogP contribution >= 0.6 is 15.9 Å². The van der Waals surface area contributed by atoms with Crippen LogP contribution in [0.2, 0.25) is 0 Å². The Hall–Kier alpha value is -9.35. The highest BCUT2D eigenvalue weighted by Crippen LogP contribution is 2.34. The van der Waals surface area contributed by atoms with E-state index in [1.54, 1.807) is 0 Å². The molecule has 3 aliphatic heterocycles. The summed E-state index contributed by atoms with van der Waals surface area (Å²) in [6.07, 6.45) is -16.9. The monoisotopic (exact) mass is 1610 g/mol. The number of rotatable bonds is 41. The summed E-state index contributed by atoms with van der Waals surface area (Å²) in [6, 6.07) is 0. The Morgan fingerprint density at radius 3 is 0.843 bits per heavy atom. The summed E-state index contributed by atoms with van der Waals surface area (Å²) in [6.45, 7) is 9.15. The van der Waals surface area contributed by atoms with Crippen LogP contribution in [-0.4, -0.2) is 285 Å². The molecule has 108 heavy (non-hydrogen) atoms. The van der Waals surface area contributed by atoms with Crippen LogP contribution in [0, 0.1) is 0 Å². The van der Waals surface area contributed by atoms with Crippen LogP contribution in [0.15, 0.2) is 18.6 Å². The summed E-state index contributed by atoms with van der Waals surface area (Å²) < 4.78 is 124. The summed E-state index contributed by atoms with van der Waals surface area (Å²) in [5, 5.41) is 27.8. The first-order valence-electron chi connectivity index (χ1n) is 33.2. The third kappa shape index (κ3) is 29.0. The fourth-order valence-electron chi connectivity index (χ4n) is 10.9. The van der Waals surface area contributed by atoms with E-state index in [0.717, 1.165) is 83.1 Å². The summed E-state index contributed by atoms with van der Waals surface area (Å²) >= 11 is 3.20. The standard InChI is InChI=1S/C63H87BrN10O34/c1-32(75)94-26-47-51(97-35(4)78)54(100-38(7)81)57(103-41(10)84)60(106-47)91-16-13-72-20-44(66-69-72)23-88-29-63(65-50(87)19-64,30-89-24-45-21-73(70-67-45)14-17-92-61-58(104-42(11)85)55(101-39(8)82)52(98-36(5)79)48(107-61)27-95-33(2)76)31-90-25-46-22-74(71-68-46)15-18-93-62-59(105-43(12)86)56(102-40(9)83)53(99-37(6)80)49(108-62)28-96-34(3)77/h20-22,47-49,51-62H,13-19,23-31H2,1-12H3,(H,65,87)/t47-,48-,49-,51-,52-,53-,54+,55+,56+,57+,58+,59+,60+,61+,62+/m1/s1. The minimum Gasteiger partial charge on any atom is -0.463 e. The van der Waals surface area contributed by atoms with Crippen molar-refractivity contribution < 1.29 is 162 Å². The van der Waals surface area contributed by atoms with Gasteiger partial charge in [0.1, 0.15) is 60.8 Å². The molecule has 0 spiro atoms. The van der Waals surface area contributed by atoms with E-state index in [-0.39, 0.29) is 102 Å². The molecule has 0 aromatic carbocycles. The van der Waals surface area contributed by atoms with Crippen molar-refractivity contribution in [2.45, 2.75) is 220 Å². The first-order chi connectivity index (χ1) is 51.2. The van der Waals surface area contributed by atoms with Gasteiger partial charge in [0.25, 0.3) is 0 Å². The van der Waals surface area contributed by atoms with E-state index < -0.39 is 195 Å². The summed E-state index contributed by atoms with van der Waals surface area (Å²) in [5.41, 5.74) is -0.765. The van der Waals surface area contributed by atoms with E-state index in [1.807, 2.05) is 0 Å². The highest BCUT2D eigenvalue weighted by molar-refractivity contribution is 9.09. The van der Waals surface area contributed by atoms with Gasteiger partial charge in [0, 0.05) is 83.1 Å². The second-order valence-electron chi connectivity index (χ2n) is 24.2. The molecule has 0 saturated carbocycles.